The lowest BCUT2D eigenvalue weighted by Crippen LogP contribution is -2.41. The zero-order chi connectivity index (χ0) is 18.8. The van der Waals surface area contributed by atoms with E-state index in [0.29, 0.717) is 6.54 Å². The predicted octanol–water partition coefficient (Wildman–Crippen LogP) is 2.85. The maximum atomic E-state index is 10.3. The SMILES string of the molecule is CCNC(=NCC(O)c1ccc(C)cc1)NCCCN1CCCCC1C. The Morgan fingerprint density at radius 1 is 1.27 bits per heavy atom. The van der Waals surface area contributed by atoms with E-state index in [0.717, 1.165) is 43.6 Å². The van der Waals surface area contributed by atoms with Gasteiger partial charge in [-0.05, 0) is 52.1 Å². The minimum atomic E-state index is -0.569. The average molecular weight is 361 g/mol. The van der Waals surface area contributed by atoms with Gasteiger partial charge in [-0.15, -0.1) is 0 Å². The van der Waals surface area contributed by atoms with Crippen molar-refractivity contribution in [3.63, 3.8) is 0 Å². The molecule has 2 rings (SSSR count). The van der Waals surface area contributed by atoms with Crippen LogP contribution in [0.25, 0.3) is 0 Å². The molecule has 5 nitrogen and oxygen atoms in total. The zero-order valence-electron chi connectivity index (χ0n) is 16.7. The van der Waals surface area contributed by atoms with Gasteiger partial charge in [-0.25, -0.2) is 0 Å². The van der Waals surface area contributed by atoms with Crippen LogP contribution in [0.2, 0.25) is 0 Å². The van der Waals surface area contributed by atoms with Gasteiger partial charge in [0.15, 0.2) is 5.96 Å². The number of hydrogen-bond donors (Lipinski definition) is 3. The quantitative estimate of drug-likeness (QED) is 0.379. The first kappa shape index (κ1) is 20.7. The summed E-state index contributed by atoms with van der Waals surface area (Å²) in [4.78, 5) is 7.14. The third-order valence-electron chi connectivity index (χ3n) is 5.08. The highest BCUT2D eigenvalue weighted by Gasteiger charge is 2.17. The zero-order valence-corrected chi connectivity index (χ0v) is 16.7. The van der Waals surface area contributed by atoms with Gasteiger partial charge in [0.2, 0.25) is 0 Å². The van der Waals surface area contributed by atoms with E-state index in [1.807, 2.05) is 31.2 Å². The van der Waals surface area contributed by atoms with Gasteiger partial charge in [0.1, 0.15) is 0 Å². The molecule has 3 N–H and O–H groups in total. The topological polar surface area (TPSA) is 59.9 Å². The van der Waals surface area contributed by atoms with Crippen molar-refractivity contribution in [2.75, 3.05) is 32.7 Å². The van der Waals surface area contributed by atoms with E-state index in [1.165, 1.54) is 31.4 Å². The van der Waals surface area contributed by atoms with Crippen LogP contribution in [0.3, 0.4) is 0 Å². The van der Waals surface area contributed by atoms with Crippen molar-refractivity contribution in [1.82, 2.24) is 15.5 Å². The molecule has 146 valence electrons. The van der Waals surface area contributed by atoms with Crippen LogP contribution < -0.4 is 10.6 Å². The Labute approximate surface area is 158 Å². The van der Waals surface area contributed by atoms with Crippen LogP contribution in [0, 0.1) is 6.92 Å². The van der Waals surface area contributed by atoms with Crippen molar-refractivity contribution in [2.45, 2.75) is 58.6 Å². The van der Waals surface area contributed by atoms with Gasteiger partial charge in [0.25, 0.3) is 0 Å². The number of nitrogens with one attached hydrogen (secondary N) is 2. The molecule has 0 spiro atoms. The van der Waals surface area contributed by atoms with Crippen LogP contribution in [0.1, 0.15) is 56.8 Å². The molecule has 1 aromatic rings. The number of aliphatic imine (C=N–C) groups is 1. The number of benzene rings is 1. The maximum absolute atomic E-state index is 10.3. The molecule has 1 saturated heterocycles. The third kappa shape index (κ3) is 6.96. The number of rotatable bonds is 8. The lowest BCUT2D eigenvalue weighted by Gasteiger charge is -2.33. The molecule has 0 radical (unpaired) electrons. The molecule has 1 aromatic carbocycles. The van der Waals surface area contributed by atoms with Crippen LogP contribution >= 0.6 is 0 Å². The second-order valence-electron chi connectivity index (χ2n) is 7.31. The Balaban J connectivity index is 1.75. The van der Waals surface area contributed by atoms with Crippen molar-refractivity contribution in [2.24, 2.45) is 4.99 Å². The van der Waals surface area contributed by atoms with Crippen molar-refractivity contribution < 1.29 is 5.11 Å². The van der Waals surface area contributed by atoms with Gasteiger partial charge in [-0.3, -0.25) is 4.99 Å². The van der Waals surface area contributed by atoms with Crippen molar-refractivity contribution in [3.8, 4) is 0 Å². The molecule has 2 atom stereocenters. The number of guanidine groups is 1. The van der Waals surface area contributed by atoms with Crippen LogP contribution in [0.15, 0.2) is 29.3 Å². The summed E-state index contributed by atoms with van der Waals surface area (Å²) in [7, 11) is 0. The lowest BCUT2D eigenvalue weighted by atomic mass is 10.0. The second kappa shape index (κ2) is 11.2. The number of piperidine rings is 1. The van der Waals surface area contributed by atoms with E-state index in [4.69, 9.17) is 0 Å². The number of aryl methyl sites for hydroxylation is 1. The summed E-state index contributed by atoms with van der Waals surface area (Å²) in [5, 5.41) is 17.0. The normalized spacial score (nSPS) is 20.0. The van der Waals surface area contributed by atoms with Crippen LogP contribution in [0.5, 0.6) is 0 Å². The number of nitrogens with zero attached hydrogens (tertiary/aromatic N) is 2. The summed E-state index contributed by atoms with van der Waals surface area (Å²) >= 11 is 0. The van der Waals surface area contributed by atoms with Crippen molar-refractivity contribution in [1.29, 1.82) is 0 Å². The van der Waals surface area contributed by atoms with Crippen LogP contribution in [-0.2, 0) is 0 Å². The third-order valence-corrected chi connectivity index (χ3v) is 5.08. The molecule has 2 unspecified atom stereocenters. The maximum Gasteiger partial charge on any atom is 0.191 e. The molecular weight excluding hydrogens is 324 g/mol. The minimum Gasteiger partial charge on any atom is -0.386 e. The molecule has 1 aliphatic heterocycles. The summed E-state index contributed by atoms with van der Waals surface area (Å²) in [5.41, 5.74) is 2.11. The van der Waals surface area contributed by atoms with Gasteiger partial charge in [0.05, 0.1) is 12.6 Å². The van der Waals surface area contributed by atoms with Crippen molar-refractivity contribution >= 4 is 5.96 Å². The Hall–Kier alpha value is -1.59. The molecule has 0 amide bonds. The fraction of sp³-hybridized carbons (Fsp3) is 0.667. The van der Waals surface area contributed by atoms with E-state index in [1.54, 1.807) is 0 Å². The molecule has 0 saturated carbocycles. The van der Waals surface area contributed by atoms with Crippen molar-refractivity contribution in [3.05, 3.63) is 35.4 Å². The molecular formula is C21H36N4O. The van der Waals surface area contributed by atoms with Gasteiger partial charge in [-0.2, -0.15) is 0 Å². The monoisotopic (exact) mass is 360 g/mol. The highest BCUT2D eigenvalue weighted by Crippen LogP contribution is 2.16. The molecule has 1 heterocycles. The first-order valence-electron chi connectivity index (χ1n) is 10.1. The second-order valence-corrected chi connectivity index (χ2v) is 7.31. The molecule has 0 bridgehead atoms. The van der Waals surface area contributed by atoms with E-state index in [9.17, 15) is 5.11 Å². The Morgan fingerprint density at radius 3 is 2.73 bits per heavy atom. The first-order valence-corrected chi connectivity index (χ1v) is 10.1. The largest absolute Gasteiger partial charge is 0.386 e. The number of hydrogen-bond acceptors (Lipinski definition) is 3. The standard InChI is InChI=1S/C21H36N4O/c1-4-22-21(23-13-7-15-25-14-6-5-8-18(25)3)24-16-20(26)19-11-9-17(2)10-12-19/h9-12,18,20,26H,4-8,13-16H2,1-3H3,(H2,22,23,24). The summed E-state index contributed by atoms with van der Waals surface area (Å²) in [6, 6.07) is 8.70. The van der Waals surface area contributed by atoms with E-state index >= 15 is 0 Å². The highest BCUT2D eigenvalue weighted by molar-refractivity contribution is 5.79. The summed E-state index contributed by atoms with van der Waals surface area (Å²) in [5.74, 6) is 0.783. The molecule has 1 fully saturated rings. The molecule has 0 aliphatic carbocycles. The Bertz CT molecular complexity index is 543. The van der Waals surface area contributed by atoms with E-state index in [-0.39, 0.29) is 0 Å². The number of aliphatic hydroxyl groups excluding tert-OH is 1. The predicted molar refractivity (Wildman–Crippen MR) is 110 cm³/mol. The van der Waals surface area contributed by atoms with Gasteiger partial charge in [0, 0.05) is 25.7 Å². The summed E-state index contributed by atoms with van der Waals surface area (Å²) < 4.78 is 0. The van der Waals surface area contributed by atoms with Gasteiger partial charge in [-0.1, -0.05) is 36.2 Å². The first-order chi connectivity index (χ1) is 12.6. The van der Waals surface area contributed by atoms with Crippen LogP contribution in [0.4, 0.5) is 0 Å². The summed E-state index contributed by atoms with van der Waals surface area (Å²) in [6.45, 7) is 10.9. The Morgan fingerprint density at radius 2 is 2.04 bits per heavy atom. The van der Waals surface area contributed by atoms with Crippen LogP contribution in [-0.4, -0.2) is 54.7 Å². The minimum absolute atomic E-state index is 0.363. The highest BCUT2D eigenvalue weighted by atomic mass is 16.3. The van der Waals surface area contributed by atoms with E-state index in [2.05, 4.69) is 34.4 Å². The lowest BCUT2D eigenvalue weighted by molar-refractivity contribution is 0.159. The number of aliphatic hydroxyl groups is 1. The fourth-order valence-electron chi connectivity index (χ4n) is 3.39. The van der Waals surface area contributed by atoms with Gasteiger partial charge >= 0.3 is 0 Å². The molecule has 5 heteroatoms. The summed E-state index contributed by atoms with van der Waals surface area (Å²) in [6.07, 6.45) is 4.57. The molecule has 1 aliphatic rings. The number of likely N-dealkylation sites (tertiary alicyclic amines) is 1. The molecule has 26 heavy (non-hydrogen) atoms. The van der Waals surface area contributed by atoms with Gasteiger partial charge < -0.3 is 20.6 Å². The molecule has 0 aromatic heterocycles. The van der Waals surface area contributed by atoms with E-state index < -0.39 is 6.10 Å². The fourth-order valence-corrected chi connectivity index (χ4v) is 3.39. The Kier molecular flexibility index (Phi) is 8.92. The smallest absolute Gasteiger partial charge is 0.191 e. The average Bonchev–Trinajstić information content (AvgIpc) is 2.64.